The van der Waals surface area contributed by atoms with Crippen LogP contribution in [0.5, 0.6) is 0 Å². The maximum Gasteiger partial charge on any atom is 0.228 e. The molecule has 7 nitrogen and oxygen atoms in total. The molecule has 0 spiro atoms. The molecule has 3 heterocycles. The SMILES string of the molecule is CN(C)C1CCN(c2nc(N)c3cc(Cl)c(-c4cccc5sc(N)nc45)c(F)c3n2)C1. The van der Waals surface area contributed by atoms with Crippen molar-refractivity contribution in [2.75, 3.05) is 43.6 Å². The van der Waals surface area contributed by atoms with Crippen LogP contribution in [0.3, 0.4) is 0 Å². The molecular weight excluding hydrogens is 437 g/mol. The van der Waals surface area contributed by atoms with E-state index in [1.54, 1.807) is 12.1 Å². The zero-order chi connectivity index (χ0) is 21.9. The first kappa shape index (κ1) is 20.2. The summed E-state index contributed by atoms with van der Waals surface area (Å²) in [5.41, 5.74) is 13.6. The Morgan fingerprint density at radius 3 is 2.74 bits per heavy atom. The van der Waals surface area contributed by atoms with Gasteiger partial charge in [0.25, 0.3) is 0 Å². The van der Waals surface area contributed by atoms with Crippen molar-refractivity contribution in [1.82, 2.24) is 19.9 Å². The van der Waals surface area contributed by atoms with E-state index < -0.39 is 5.82 Å². The van der Waals surface area contributed by atoms with E-state index in [-0.39, 0.29) is 21.9 Å². The highest BCUT2D eigenvalue weighted by atomic mass is 35.5. The number of nitrogen functional groups attached to an aromatic ring is 2. The molecule has 10 heteroatoms. The van der Waals surface area contributed by atoms with Crippen LogP contribution in [0.1, 0.15) is 6.42 Å². The lowest BCUT2D eigenvalue weighted by atomic mass is 10.0. The van der Waals surface area contributed by atoms with Gasteiger partial charge in [-0.05, 0) is 32.6 Å². The highest BCUT2D eigenvalue weighted by Gasteiger charge is 2.27. The Morgan fingerprint density at radius 1 is 1.19 bits per heavy atom. The van der Waals surface area contributed by atoms with E-state index in [0.29, 0.717) is 33.6 Å². The second-order valence-electron chi connectivity index (χ2n) is 7.91. The average molecular weight is 458 g/mol. The van der Waals surface area contributed by atoms with E-state index in [2.05, 4.69) is 19.9 Å². The summed E-state index contributed by atoms with van der Waals surface area (Å²) >= 11 is 7.87. The van der Waals surface area contributed by atoms with Gasteiger partial charge in [-0.2, -0.15) is 4.98 Å². The molecule has 0 bridgehead atoms. The largest absolute Gasteiger partial charge is 0.383 e. The number of nitrogens with two attached hydrogens (primary N) is 2. The molecule has 1 atom stereocenters. The molecule has 0 radical (unpaired) electrons. The van der Waals surface area contributed by atoms with Crippen LogP contribution in [0.25, 0.3) is 32.2 Å². The van der Waals surface area contributed by atoms with E-state index in [0.717, 1.165) is 24.2 Å². The minimum Gasteiger partial charge on any atom is -0.383 e. The van der Waals surface area contributed by atoms with Crippen LogP contribution in [-0.2, 0) is 0 Å². The van der Waals surface area contributed by atoms with Gasteiger partial charge in [-0.25, -0.2) is 14.4 Å². The van der Waals surface area contributed by atoms with E-state index >= 15 is 4.39 Å². The van der Waals surface area contributed by atoms with E-state index in [4.69, 9.17) is 23.1 Å². The van der Waals surface area contributed by atoms with Gasteiger partial charge in [-0.1, -0.05) is 35.1 Å². The molecule has 5 rings (SSSR count). The molecule has 1 aliphatic rings. The first-order valence-electron chi connectivity index (χ1n) is 9.85. The molecule has 0 amide bonds. The number of hydrogen-bond acceptors (Lipinski definition) is 8. The molecule has 31 heavy (non-hydrogen) atoms. The Labute approximate surface area is 187 Å². The van der Waals surface area contributed by atoms with Crippen LogP contribution in [0, 0.1) is 5.82 Å². The molecule has 4 N–H and O–H groups in total. The lowest BCUT2D eigenvalue weighted by molar-refractivity contribution is 0.315. The fourth-order valence-corrected chi connectivity index (χ4v) is 5.16. The number of thiazole rings is 1. The number of likely N-dealkylation sites (N-methyl/N-ethyl adjacent to an activating group) is 1. The van der Waals surface area contributed by atoms with Crippen molar-refractivity contribution in [1.29, 1.82) is 0 Å². The third-order valence-electron chi connectivity index (χ3n) is 5.78. The quantitative estimate of drug-likeness (QED) is 0.479. The summed E-state index contributed by atoms with van der Waals surface area (Å²) in [6.07, 6.45) is 0.982. The van der Waals surface area contributed by atoms with Crippen LogP contribution in [0.2, 0.25) is 5.02 Å². The second kappa shape index (κ2) is 7.44. The maximum atomic E-state index is 15.9. The van der Waals surface area contributed by atoms with Gasteiger partial charge in [0.2, 0.25) is 5.95 Å². The van der Waals surface area contributed by atoms with E-state index in [1.165, 1.54) is 11.3 Å². The van der Waals surface area contributed by atoms with Crippen molar-refractivity contribution in [2.45, 2.75) is 12.5 Å². The zero-order valence-electron chi connectivity index (χ0n) is 17.1. The first-order valence-corrected chi connectivity index (χ1v) is 11.0. The van der Waals surface area contributed by atoms with Crippen molar-refractivity contribution in [3.63, 3.8) is 0 Å². The highest BCUT2D eigenvalue weighted by molar-refractivity contribution is 7.22. The van der Waals surface area contributed by atoms with E-state index in [1.807, 2.05) is 31.1 Å². The molecule has 2 aromatic heterocycles. The average Bonchev–Trinajstić information content (AvgIpc) is 3.35. The summed E-state index contributed by atoms with van der Waals surface area (Å²) in [7, 11) is 4.09. The number of aromatic nitrogens is 3. The zero-order valence-corrected chi connectivity index (χ0v) is 18.6. The molecule has 1 aliphatic heterocycles. The van der Waals surface area contributed by atoms with Gasteiger partial charge in [0.15, 0.2) is 10.9 Å². The Kier molecular flexibility index (Phi) is 4.84. The fraction of sp³-hybridized carbons (Fsp3) is 0.286. The van der Waals surface area contributed by atoms with Crippen LogP contribution < -0.4 is 16.4 Å². The maximum absolute atomic E-state index is 15.9. The van der Waals surface area contributed by atoms with Crippen LogP contribution in [-0.4, -0.2) is 53.1 Å². The van der Waals surface area contributed by atoms with Gasteiger partial charge < -0.3 is 21.3 Å². The third-order valence-corrected chi connectivity index (χ3v) is 6.93. The van der Waals surface area contributed by atoms with Gasteiger partial charge in [-0.15, -0.1) is 0 Å². The van der Waals surface area contributed by atoms with Crippen molar-refractivity contribution in [3.05, 3.63) is 35.1 Å². The van der Waals surface area contributed by atoms with Crippen molar-refractivity contribution >= 4 is 61.0 Å². The first-order chi connectivity index (χ1) is 14.8. The Hall–Kier alpha value is -2.75. The van der Waals surface area contributed by atoms with Crippen molar-refractivity contribution in [3.8, 4) is 11.1 Å². The van der Waals surface area contributed by atoms with Gasteiger partial charge in [0, 0.05) is 35.6 Å². The summed E-state index contributed by atoms with van der Waals surface area (Å²) < 4.78 is 16.8. The fourth-order valence-electron chi connectivity index (χ4n) is 4.11. The molecule has 1 fully saturated rings. The summed E-state index contributed by atoms with van der Waals surface area (Å²) in [4.78, 5) is 17.6. The van der Waals surface area contributed by atoms with E-state index in [9.17, 15) is 0 Å². The summed E-state index contributed by atoms with van der Waals surface area (Å²) in [5.74, 6) is 0.0923. The van der Waals surface area contributed by atoms with Crippen molar-refractivity contribution in [2.24, 2.45) is 0 Å². The molecule has 2 aromatic carbocycles. The highest BCUT2D eigenvalue weighted by Crippen LogP contribution is 2.41. The number of rotatable bonds is 3. The summed E-state index contributed by atoms with van der Waals surface area (Å²) in [5, 5.41) is 1.03. The third kappa shape index (κ3) is 3.33. The molecule has 160 valence electrons. The summed E-state index contributed by atoms with van der Waals surface area (Å²) in [6, 6.07) is 7.52. The molecule has 1 saturated heterocycles. The lowest BCUT2D eigenvalue weighted by Crippen LogP contribution is -2.32. The predicted octanol–water partition coefficient (Wildman–Crippen LogP) is 4.00. The van der Waals surface area contributed by atoms with Crippen LogP contribution in [0.4, 0.5) is 21.3 Å². The Balaban J connectivity index is 1.69. The monoisotopic (exact) mass is 457 g/mol. The molecule has 0 saturated carbocycles. The number of benzene rings is 2. The van der Waals surface area contributed by atoms with Gasteiger partial charge >= 0.3 is 0 Å². The number of nitrogens with zero attached hydrogens (tertiary/aromatic N) is 5. The smallest absolute Gasteiger partial charge is 0.228 e. The predicted molar refractivity (Wildman–Crippen MR) is 126 cm³/mol. The number of para-hydroxylation sites is 1. The second-order valence-corrected chi connectivity index (χ2v) is 9.38. The molecule has 0 aliphatic carbocycles. The number of hydrogen-bond donors (Lipinski definition) is 2. The molecule has 1 unspecified atom stereocenters. The number of anilines is 3. The van der Waals surface area contributed by atoms with Crippen molar-refractivity contribution < 1.29 is 4.39 Å². The Bertz CT molecular complexity index is 1320. The topological polar surface area (TPSA) is 97.2 Å². The minimum absolute atomic E-state index is 0.149. The normalized spacial score (nSPS) is 16.8. The minimum atomic E-state index is -0.541. The summed E-state index contributed by atoms with van der Waals surface area (Å²) in [6.45, 7) is 1.55. The molecular formula is C21H21ClFN7S. The molecule has 4 aromatic rings. The number of halogens is 2. The lowest BCUT2D eigenvalue weighted by Gasteiger charge is -2.21. The van der Waals surface area contributed by atoms with Gasteiger partial charge in [0.1, 0.15) is 11.3 Å². The van der Waals surface area contributed by atoms with Crippen LogP contribution in [0.15, 0.2) is 24.3 Å². The standard InChI is InChI=1S/C21H21ClFN7S/c1-29(2)10-6-7-30(9-10)21-27-18-12(19(24)28-21)8-13(22)15(16(18)23)11-4-3-5-14-17(11)26-20(25)31-14/h3-5,8,10H,6-7,9H2,1-2H3,(H2,25,26)(H2,24,27,28). The van der Waals surface area contributed by atoms with Gasteiger partial charge in [0.05, 0.1) is 15.2 Å². The van der Waals surface area contributed by atoms with Gasteiger partial charge in [-0.3, -0.25) is 0 Å². The number of fused-ring (bicyclic) bond motifs is 2. The van der Waals surface area contributed by atoms with Crippen LogP contribution >= 0.6 is 22.9 Å². The Morgan fingerprint density at radius 2 is 2.00 bits per heavy atom.